The van der Waals surface area contributed by atoms with Gasteiger partial charge in [0.2, 0.25) is 0 Å². The van der Waals surface area contributed by atoms with E-state index in [1.54, 1.807) is 0 Å². The second-order valence-electron chi connectivity index (χ2n) is 5.23. The monoisotopic (exact) mass is 365 g/mol. The van der Waals surface area contributed by atoms with E-state index in [1.165, 1.54) is 14.2 Å². The van der Waals surface area contributed by atoms with E-state index in [2.05, 4.69) is 10.0 Å². The summed E-state index contributed by atoms with van der Waals surface area (Å²) in [5, 5.41) is 23.5. The molecule has 0 spiro atoms. The van der Waals surface area contributed by atoms with Gasteiger partial charge in [-0.05, 0) is 5.53 Å². The fraction of sp³-hybridized carbons (Fsp3) is 1.00. The number of aliphatic hydroxyl groups excluding tert-OH is 2. The van der Waals surface area contributed by atoms with Crippen LogP contribution in [-0.2, 0) is 28.4 Å². The van der Waals surface area contributed by atoms with E-state index < -0.39 is 30.7 Å². The molecule has 1 rings (SSSR count). The zero-order valence-corrected chi connectivity index (χ0v) is 14.5. The van der Waals surface area contributed by atoms with Gasteiger partial charge in [-0.15, -0.1) is 0 Å². The smallest absolute Gasteiger partial charge is 0.186 e. The maximum atomic E-state index is 10.1. The lowest BCUT2D eigenvalue weighted by Crippen LogP contribution is -2.60. The predicted molar refractivity (Wildman–Crippen MR) is 85.0 cm³/mol. The van der Waals surface area contributed by atoms with Gasteiger partial charge in [0.1, 0.15) is 24.4 Å². The van der Waals surface area contributed by atoms with Crippen molar-refractivity contribution in [1.29, 1.82) is 0 Å². The topological polar surface area (TPSA) is 145 Å². The summed E-state index contributed by atoms with van der Waals surface area (Å²) >= 11 is 0. The Morgan fingerprint density at radius 3 is 2.36 bits per heavy atom. The van der Waals surface area contributed by atoms with Gasteiger partial charge >= 0.3 is 0 Å². The van der Waals surface area contributed by atoms with Crippen LogP contribution < -0.4 is 0 Å². The van der Waals surface area contributed by atoms with Crippen LogP contribution in [0.2, 0.25) is 0 Å². The van der Waals surface area contributed by atoms with Gasteiger partial charge in [-0.2, -0.15) is 0 Å². The molecule has 1 saturated heterocycles. The standard InChI is InChI=1S/C14H27N3O8/c1-20-9-10-13(21-2)11(18)12(19)14(25-10)24-8-7-23-6-5-22-4-3-16-17-15/h10-14,18-19H,3-9H2,1-2H3/t10-,11-,12+,13-,14+/m1/s1. The molecule has 0 aliphatic carbocycles. The van der Waals surface area contributed by atoms with E-state index in [0.717, 1.165) is 0 Å². The summed E-state index contributed by atoms with van der Waals surface area (Å²) in [5.74, 6) is 0. The third kappa shape index (κ3) is 7.82. The summed E-state index contributed by atoms with van der Waals surface area (Å²) in [6.07, 6.45) is -4.63. The van der Waals surface area contributed by atoms with Crippen LogP contribution in [0.3, 0.4) is 0 Å². The summed E-state index contributed by atoms with van der Waals surface area (Å²) in [4.78, 5) is 2.61. The Labute approximate surface area is 146 Å². The lowest BCUT2D eigenvalue weighted by Gasteiger charge is -2.41. The minimum absolute atomic E-state index is 0.171. The molecule has 1 fully saturated rings. The summed E-state index contributed by atoms with van der Waals surface area (Å²) in [7, 11) is 2.93. The van der Waals surface area contributed by atoms with Gasteiger partial charge in [-0.3, -0.25) is 0 Å². The van der Waals surface area contributed by atoms with Gasteiger partial charge in [0.05, 0.1) is 39.6 Å². The molecule has 0 aromatic carbocycles. The maximum Gasteiger partial charge on any atom is 0.186 e. The maximum absolute atomic E-state index is 10.1. The summed E-state index contributed by atoms with van der Waals surface area (Å²) in [6.45, 7) is 1.98. The Kier molecular flexibility index (Phi) is 11.7. The Morgan fingerprint density at radius 1 is 1.04 bits per heavy atom. The minimum atomic E-state index is -1.23. The first-order valence-electron chi connectivity index (χ1n) is 7.97. The predicted octanol–water partition coefficient (Wildman–Crippen LogP) is -0.545. The van der Waals surface area contributed by atoms with Gasteiger partial charge < -0.3 is 38.6 Å². The van der Waals surface area contributed by atoms with Crippen molar-refractivity contribution in [2.45, 2.75) is 30.7 Å². The fourth-order valence-corrected chi connectivity index (χ4v) is 2.33. The lowest BCUT2D eigenvalue weighted by atomic mass is 9.99. The quantitative estimate of drug-likeness (QED) is 0.191. The molecular weight excluding hydrogens is 338 g/mol. The van der Waals surface area contributed by atoms with Gasteiger partial charge in [0.15, 0.2) is 6.29 Å². The van der Waals surface area contributed by atoms with Gasteiger partial charge in [-0.25, -0.2) is 0 Å². The molecule has 0 unspecified atom stereocenters. The molecule has 0 aromatic rings. The first kappa shape index (κ1) is 22.0. The second kappa shape index (κ2) is 13.2. The number of hydrogen-bond acceptors (Lipinski definition) is 9. The Bertz CT molecular complexity index is 396. The van der Waals surface area contributed by atoms with Crippen LogP contribution in [0.1, 0.15) is 0 Å². The Morgan fingerprint density at radius 2 is 1.72 bits per heavy atom. The number of methoxy groups -OCH3 is 2. The molecule has 1 heterocycles. The van der Waals surface area contributed by atoms with Crippen molar-refractivity contribution in [2.75, 3.05) is 60.4 Å². The van der Waals surface area contributed by atoms with E-state index in [4.69, 9.17) is 34.0 Å². The van der Waals surface area contributed by atoms with Crippen LogP contribution in [0, 0.1) is 0 Å². The highest BCUT2D eigenvalue weighted by molar-refractivity contribution is 4.90. The average molecular weight is 365 g/mol. The number of hydrogen-bond donors (Lipinski definition) is 2. The number of aliphatic hydroxyl groups is 2. The molecule has 11 heteroatoms. The summed E-state index contributed by atoms with van der Waals surface area (Å²) < 4.78 is 31.7. The van der Waals surface area contributed by atoms with Crippen molar-refractivity contribution in [3.63, 3.8) is 0 Å². The van der Waals surface area contributed by atoms with Crippen LogP contribution >= 0.6 is 0 Å². The van der Waals surface area contributed by atoms with Crippen LogP contribution in [-0.4, -0.2) is 101 Å². The molecule has 1 aliphatic heterocycles. The highest BCUT2D eigenvalue weighted by Gasteiger charge is 2.45. The molecule has 5 atom stereocenters. The van der Waals surface area contributed by atoms with E-state index >= 15 is 0 Å². The van der Waals surface area contributed by atoms with Crippen LogP contribution in [0.25, 0.3) is 10.4 Å². The number of azide groups is 1. The lowest BCUT2D eigenvalue weighted by molar-refractivity contribution is -0.306. The van der Waals surface area contributed by atoms with Gasteiger partial charge in [0.25, 0.3) is 0 Å². The number of rotatable bonds is 13. The largest absolute Gasteiger partial charge is 0.387 e. The van der Waals surface area contributed by atoms with Crippen molar-refractivity contribution < 1.29 is 38.6 Å². The molecule has 11 nitrogen and oxygen atoms in total. The van der Waals surface area contributed by atoms with E-state index in [1.807, 2.05) is 0 Å². The molecule has 0 amide bonds. The molecule has 0 radical (unpaired) electrons. The first-order chi connectivity index (χ1) is 12.2. The van der Waals surface area contributed by atoms with Crippen molar-refractivity contribution in [3.8, 4) is 0 Å². The molecule has 0 aromatic heterocycles. The fourth-order valence-electron chi connectivity index (χ4n) is 2.33. The summed E-state index contributed by atoms with van der Waals surface area (Å²) in [5.41, 5.74) is 8.09. The molecule has 0 saturated carbocycles. The molecule has 2 N–H and O–H groups in total. The number of ether oxygens (including phenoxy) is 6. The van der Waals surface area contributed by atoms with Gasteiger partial charge in [-0.1, -0.05) is 5.11 Å². The van der Waals surface area contributed by atoms with E-state index in [0.29, 0.717) is 19.8 Å². The van der Waals surface area contributed by atoms with Crippen molar-refractivity contribution in [3.05, 3.63) is 10.4 Å². The molecule has 0 bridgehead atoms. The molecular formula is C14H27N3O8. The van der Waals surface area contributed by atoms with Crippen LogP contribution in [0.4, 0.5) is 0 Å². The normalized spacial score (nSPS) is 29.4. The second-order valence-corrected chi connectivity index (χ2v) is 5.23. The Hall–Kier alpha value is -1.01. The van der Waals surface area contributed by atoms with E-state index in [9.17, 15) is 10.2 Å². The van der Waals surface area contributed by atoms with Crippen molar-refractivity contribution in [2.24, 2.45) is 5.11 Å². The first-order valence-corrected chi connectivity index (χ1v) is 7.97. The zero-order valence-electron chi connectivity index (χ0n) is 14.5. The zero-order chi connectivity index (χ0) is 18.5. The SMILES string of the molecule is COC[C@H]1O[C@H](OCCOCCOCCN=[N+]=[N-])[C@@H](O)[C@@H](O)[C@@H]1OC. The van der Waals surface area contributed by atoms with Crippen molar-refractivity contribution in [1.82, 2.24) is 0 Å². The van der Waals surface area contributed by atoms with Crippen molar-refractivity contribution >= 4 is 0 Å². The highest BCUT2D eigenvalue weighted by atomic mass is 16.7. The van der Waals surface area contributed by atoms with Gasteiger partial charge in [0, 0.05) is 25.7 Å². The average Bonchev–Trinajstić information content (AvgIpc) is 2.61. The molecule has 146 valence electrons. The van der Waals surface area contributed by atoms with Crippen LogP contribution in [0.5, 0.6) is 0 Å². The molecule has 1 aliphatic rings. The van der Waals surface area contributed by atoms with E-state index in [-0.39, 0.29) is 26.4 Å². The summed E-state index contributed by atoms with van der Waals surface area (Å²) in [6, 6.07) is 0. The molecule has 25 heavy (non-hydrogen) atoms. The minimum Gasteiger partial charge on any atom is -0.387 e. The Balaban J connectivity index is 2.19. The third-order valence-corrected chi connectivity index (χ3v) is 3.52. The highest BCUT2D eigenvalue weighted by Crippen LogP contribution is 2.24. The third-order valence-electron chi connectivity index (χ3n) is 3.52. The number of nitrogens with zero attached hydrogens (tertiary/aromatic N) is 3. The van der Waals surface area contributed by atoms with Crippen LogP contribution in [0.15, 0.2) is 5.11 Å².